The van der Waals surface area contributed by atoms with Gasteiger partial charge >= 0.3 is 0 Å². The second-order valence-electron chi connectivity index (χ2n) is 7.73. The first kappa shape index (κ1) is 20.4. The van der Waals surface area contributed by atoms with Crippen LogP contribution in [0.3, 0.4) is 0 Å². The molecular formula is C23H20N4O4S. The van der Waals surface area contributed by atoms with Crippen LogP contribution in [-0.4, -0.2) is 49.5 Å². The highest BCUT2D eigenvalue weighted by atomic mass is 32.2. The maximum atomic E-state index is 11.2. The molecule has 2 aliphatic rings. The molecule has 5 rings (SSSR count). The fraction of sp³-hybridized carbons (Fsp3) is 0.130. The summed E-state index contributed by atoms with van der Waals surface area (Å²) in [5.74, 6) is -0.747. The van der Waals surface area contributed by atoms with Gasteiger partial charge in [0.15, 0.2) is 0 Å². The van der Waals surface area contributed by atoms with Gasteiger partial charge in [-0.2, -0.15) is 8.42 Å². The highest BCUT2D eigenvalue weighted by molar-refractivity contribution is 7.85. The number of hydrogen-bond donors (Lipinski definition) is 3. The van der Waals surface area contributed by atoms with Crippen LogP contribution in [0.25, 0.3) is 46.4 Å². The molecule has 0 spiro atoms. The second kappa shape index (κ2) is 7.86. The number of hydrogen-bond acceptors (Lipinski definition) is 5. The van der Waals surface area contributed by atoms with Crippen molar-refractivity contribution in [1.82, 2.24) is 19.5 Å². The molecule has 8 nitrogen and oxygen atoms in total. The molecule has 0 saturated heterocycles. The van der Waals surface area contributed by atoms with Crippen molar-refractivity contribution in [2.45, 2.75) is 12.6 Å². The smallest absolute Gasteiger partial charge is 0.267 e. The summed E-state index contributed by atoms with van der Waals surface area (Å²) in [5.41, 5.74) is 6.36. The standard InChI is InChI=1S/C23H20N4O4S/c28-23(14-32(29,30)31)13-27-21-7-8-22(27)12-20-6-4-18(26-20)10-16-2-1-15(24-16)9-17-3-5-19(11-21)25-17/h1-12,23-24,28H,13-14H2,(H,29,30,31). The van der Waals surface area contributed by atoms with E-state index in [1.165, 1.54) is 0 Å². The Balaban J connectivity index is 1.74. The lowest BCUT2D eigenvalue weighted by atomic mass is 10.3. The van der Waals surface area contributed by atoms with Crippen molar-refractivity contribution in [3.05, 3.63) is 71.3 Å². The largest absolute Gasteiger partial charge is 0.390 e. The van der Waals surface area contributed by atoms with E-state index in [9.17, 15) is 13.5 Å². The fourth-order valence-electron chi connectivity index (χ4n) is 3.80. The maximum Gasteiger partial charge on any atom is 0.267 e. The predicted octanol–water partition coefficient (Wildman–Crippen LogP) is 3.38. The van der Waals surface area contributed by atoms with Gasteiger partial charge in [-0.15, -0.1) is 0 Å². The normalized spacial score (nSPS) is 14.1. The molecule has 0 radical (unpaired) electrons. The van der Waals surface area contributed by atoms with Crippen molar-refractivity contribution in [2.24, 2.45) is 0 Å². The highest BCUT2D eigenvalue weighted by Gasteiger charge is 2.16. The van der Waals surface area contributed by atoms with Gasteiger partial charge in [-0.05, 0) is 72.8 Å². The van der Waals surface area contributed by atoms with Crippen molar-refractivity contribution < 1.29 is 18.1 Å². The zero-order valence-electron chi connectivity index (χ0n) is 16.9. The number of fused-ring (bicyclic) bond motifs is 8. The molecule has 0 saturated carbocycles. The number of aromatic nitrogens is 4. The van der Waals surface area contributed by atoms with Crippen molar-refractivity contribution in [2.75, 3.05) is 5.75 Å². The third-order valence-corrected chi connectivity index (χ3v) is 5.95. The molecule has 32 heavy (non-hydrogen) atoms. The monoisotopic (exact) mass is 448 g/mol. The van der Waals surface area contributed by atoms with Crippen LogP contribution in [0.1, 0.15) is 22.8 Å². The molecule has 0 aliphatic carbocycles. The van der Waals surface area contributed by atoms with Crippen molar-refractivity contribution in [1.29, 1.82) is 0 Å². The van der Waals surface area contributed by atoms with E-state index in [4.69, 9.17) is 4.55 Å². The number of aliphatic hydroxyl groups is 1. The molecule has 1 unspecified atom stereocenters. The van der Waals surface area contributed by atoms with Gasteiger partial charge in [0.25, 0.3) is 10.1 Å². The molecular weight excluding hydrogens is 428 g/mol. The fourth-order valence-corrected chi connectivity index (χ4v) is 4.39. The Morgan fingerprint density at radius 1 is 0.812 bits per heavy atom. The van der Waals surface area contributed by atoms with Gasteiger partial charge in [-0.3, -0.25) is 4.55 Å². The van der Waals surface area contributed by atoms with Crippen molar-refractivity contribution >= 4 is 56.5 Å². The van der Waals surface area contributed by atoms with Crippen LogP contribution in [0.4, 0.5) is 0 Å². The maximum absolute atomic E-state index is 11.2. The Kier molecular flexibility index (Phi) is 5.01. The summed E-state index contributed by atoms with van der Waals surface area (Å²) in [6, 6.07) is 15.3. The SMILES string of the molecule is O=S(=O)(O)CC(O)Cn1c2ccc1cc1nc(cc3ccc(cc4nc(c2)C=C4)[nH]3)C=C1. The number of rotatable bonds is 4. The van der Waals surface area contributed by atoms with E-state index in [0.29, 0.717) is 0 Å². The molecule has 3 N–H and O–H groups in total. The Bertz CT molecular complexity index is 1440. The van der Waals surface area contributed by atoms with E-state index in [0.717, 1.165) is 44.8 Å². The molecule has 0 amide bonds. The average Bonchev–Trinajstić information content (AvgIpc) is 3.48. The molecule has 1 atom stereocenters. The van der Waals surface area contributed by atoms with Crippen LogP contribution in [0.15, 0.2) is 48.5 Å². The van der Waals surface area contributed by atoms with Gasteiger partial charge in [0.2, 0.25) is 0 Å². The number of H-pyrrole nitrogens is 1. The summed E-state index contributed by atoms with van der Waals surface area (Å²) < 4.78 is 33.3. The first-order chi connectivity index (χ1) is 15.3. The molecule has 8 bridgehead atoms. The molecule has 9 heteroatoms. The first-order valence-electron chi connectivity index (χ1n) is 9.99. The summed E-state index contributed by atoms with van der Waals surface area (Å²) in [6.07, 6.45) is 6.31. The highest BCUT2D eigenvalue weighted by Crippen LogP contribution is 2.20. The van der Waals surface area contributed by atoms with Crippen LogP contribution >= 0.6 is 0 Å². The molecule has 3 aromatic rings. The van der Waals surface area contributed by atoms with E-state index in [1.807, 2.05) is 72.8 Å². The minimum absolute atomic E-state index is 0.0203. The van der Waals surface area contributed by atoms with Crippen LogP contribution in [0.5, 0.6) is 0 Å². The Morgan fingerprint density at radius 3 is 1.75 bits per heavy atom. The summed E-state index contributed by atoms with van der Waals surface area (Å²) in [4.78, 5) is 12.6. The van der Waals surface area contributed by atoms with Crippen LogP contribution in [-0.2, 0) is 16.7 Å². The summed E-state index contributed by atoms with van der Waals surface area (Å²) in [5, 5.41) is 10.3. The van der Waals surface area contributed by atoms with E-state index in [2.05, 4.69) is 15.0 Å². The third-order valence-electron chi connectivity index (χ3n) is 5.14. The lowest BCUT2D eigenvalue weighted by Gasteiger charge is -2.12. The van der Waals surface area contributed by atoms with Gasteiger partial charge < -0.3 is 14.7 Å². The second-order valence-corrected chi connectivity index (χ2v) is 9.23. The van der Waals surface area contributed by atoms with Gasteiger partial charge in [-0.1, -0.05) is 0 Å². The van der Waals surface area contributed by atoms with E-state index >= 15 is 0 Å². The zero-order chi connectivity index (χ0) is 22.3. The van der Waals surface area contributed by atoms with Gasteiger partial charge in [0.1, 0.15) is 5.75 Å². The molecule has 3 aromatic heterocycles. The number of nitrogens with zero attached hydrogens (tertiary/aromatic N) is 3. The number of nitrogens with one attached hydrogen (secondary N) is 1. The first-order valence-corrected chi connectivity index (χ1v) is 11.6. The lowest BCUT2D eigenvalue weighted by Crippen LogP contribution is -2.25. The minimum Gasteiger partial charge on any atom is -0.390 e. The average molecular weight is 449 g/mol. The topological polar surface area (TPSA) is 121 Å². The molecule has 5 heterocycles. The Morgan fingerprint density at radius 2 is 1.28 bits per heavy atom. The van der Waals surface area contributed by atoms with E-state index < -0.39 is 22.0 Å². The Hall–Kier alpha value is -3.53. The van der Waals surface area contributed by atoms with E-state index in [1.54, 1.807) is 4.57 Å². The molecule has 0 fully saturated rings. The quantitative estimate of drug-likeness (QED) is 0.363. The van der Waals surface area contributed by atoms with Crippen LogP contribution in [0.2, 0.25) is 0 Å². The number of aromatic amines is 1. The van der Waals surface area contributed by atoms with Gasteiger partial charge in [0, 0.05) is 22.1 Å². The number of aliphatic hydroxyl groups excluding tert-OH is 1. The van der Waals surface area contributed by atoms with Crippen molar-refractivity contribution in [3.8, 4) is 0 Å². The van der Waals surface area contributed by atoms with Gasteiger partial charge in [-0.25, -0.2) is 9.97 Å². The summed E-state index contributed by atoms with van der Waals surface area (Å²) >= 11 is 0. The van der Waals surface area contributed by atoms with E-state index in [-0.39, 0.29) is 6.54 Å². The molecule has 0 aromatic carbocycles. The third kappa shape index (κ3) is 4.54. The van der Waals surface area contributed by atoms with Gasteiger partial charge in [0.05, 0.1) is 35.4 Å². The zero-order valence-corrected chi connectivity index (χ0v) is 17.7. The van der Waals surface area contributed by atoms with Crippen LogP contribution < -0.4 is 0 Å². The Labute approximate surface area is 184 Å². The minimum atomic E-state index is -4.30. The summed E-state index contributed by atoms with van der Waals surface area (Å²) in [7, 11) is -4.30. The molecule has 162 valence electrons. The predicted molar refractivity (Wildman–Crippen MR) is 125 cm³/mol. The molecule has 2 aliphatic heterocycles. The summed E-state index contributed by atoms with van der Waals surface area (Å²) in [6.45, 7) is -0.0203. The van der Waals surface area contributed by atoms with Crippen LogP contribution in [0, 0.1) is 0 Å². The lowest BCUT2D eigenvalue weighted by molar-refractivity contribution is 0.177. The van der Waals surface area contributed by atoms with Crippen molar-refractivity contribution in [3.63, 3.8) is 0 Å².